The highest BCUT2D eigenvalue weighted by molar-refractivity contribution is 6.02. The summed E-state index contributed by atoms with van der Waals surface area (Å²) >= 11 is 0. The second kappa shape index (κ2) is 8.68. The predicted octanol–water partition coefficient (Wildman–Crippen LogP) is -0.727. The molecular weight excluding hydrogens is 458 g/mol. The fourth-order valence-corrected chi connectivity index (χ4v) is 5.23. The zero-order valence-electron chi connectivity index (χ0n) is 19.1. The van der Waals surface area contributed by atoms with E-state index in [1.54, 1.807) is 12.1 Å². The second-order valence-corrected chi connectivity index (χ2v) is 9.31. The average Bonchev–Trinajstić information content (AvgIpc) is 3.29. The molecule has 2 aliphatic heterocycles. The number of hydrogen-bond donors (Lipinski definition) is 6. The molecule has 2 amide bonds. The predicted molar refractivity (Wildman–Crippen MR) is 121 cm³/mol. The first-order valence-corrected chi connectivity index (χ1v) is 11.2. The topological polar surface area (TPSA) is 161 Å². The van der Waals surface area contributed by atoms with Crippen molar-refractivity contribution in [3.05, 3.63) is 52.6 Å². The highest BCUT2D eigenvalue weighted by Gasteiger charge is 2.54. The molecule has 3 aliphatic rings. The zero-order chi connectivity index (χ0) is 25.0. The van der Waals surface area contributed by atoms with E-state index in [0.29, 0.717) is 12.1 Å². The van der Waals surface area contributed by atoms with E-state index in [-0.39, 0.29) is 29.4 Å². The standard InChI is InChI=1S/C24H27N3O8/c1-27(2)8-10-5-3-4-6-11(10)23(32)25-16-14-12-7-13-22(35-9-34-13)18(28)15(12)24(33)26-17(14)20(30)21(31)19(16)29/h3-7,14,16-17,19-21,28-31H,8-9H2,1-2H3,(H,25,32)(H,26,33)/t14-,16+,17+,19-,20-,21?/m0/s1. The molecule has 35 heavy (non-hydrogen) atoms. The van der Waals surface area contributed by atoms with Crippen LogP contribution in [0.4, 0.5) is 0 Å². The molecule has 0 spiro atoms. The van der Waals surface area contributed by atoms with Crippen LogP contribution >= 0.6 is 0 Å². The van der Waals surface area contributed by atoms with Crippen molar-refractivity contribution in [1.29, 1.82) is 0 Å². The van der Waals surface area contributed by atoms with Gasteiger partial charge in [0.25, 0.3) is 11.8 Å². The van der Waals surface area contributed by atoms with E-state index in [1.807, 2.05) is 31.1 Å². The van der Waals surface area contributed by atoms with E-state index in [0.717, 1.165) is 5.56 Å². The van der Waals surface area contributed by atoms with Crippen LogP contribution in [0.25, 0.3) is 0 Å². The van der Waals surface area contributed by atoms with Crippen molar-refractivity contribution in [2.24, 2.45) is 0 Å². The number of nitrogens with one attached hydrogen (secondary N) is 2. The van der Waals surface area contributed by atoms with Crippen molar-refractivity contribution in [2.75, 3.05) is 20.9 Å². The maximum Gasteiger partial charge on any atom is 0.255 e. The number of benzene rings is 2. The van der Waals surface area contributed by atoms with E-state index in [2.05, 4.69) is 10.6 Å². The molecule has 1 fully saturated rings. The van der Waals surface area contributed by atoms with Gasteiger partial charge in [0.2, 0.25) is 12.5 Å². The minimum atomic E-state index is -1.64. The van der Waals surface area contributed by atoms with Gasteiger partial charge in [-0.05, 0) is 37.4 Å². The number of carbonyl (C=O) groups is 2. The summed E-state index contributed by atoms with van der Waals surface area (Å²) in [6.07, 6.45) is -4.72. The van der Waals surface area contributed by atoms with Crippen LogP contribution in [-0.2, 0) is 6.54 Å². The fraction of sp³-hybridized carbons (Fsp3) is 0.417. The fourth-order valence-electron chi connectivity index (χ4n) is 5.23. The third kappa shape index (κ3) is 3.76. The van der Waals surface area contributed by atoms with Crippen LogP contribution in [0.5, 0.6) is 17.2 Å². The molecule has 1 aliphatic carbocycles. The van der Waals surface area contributed by atoms with E-state index in [9.17, 15) is 30.0 Å². The van der Waals surface area contributed by atoms with Crippen LogP contribution in [0.3, 0.4) is 0 Å². The summed E-state index contributed by atoms with van der Waals surface area (Å²) in [5, 5.41) is 48.4. The van der Waals surface area contributed by atoms with Gasteiger partial charge in [0.1, 0.15) is 18.3 Å². The number of phenolic OH excluding ortho intramolecular Hbond substituents is 1. The Labute approximate surface area is 200 Å². The van der Waals surface area contributed by atoms with Crippen molar-refractivity contribution in [2.45, 2.75) is 42.9 Å². The molecule has 0 radical (unpaired) electrons. The van der Waals surface area contributed by atoms with Crippen molar-refractivity contribution < 1.29 is 39.5 Å². The smallest absolute Gasteiger partial charge is 0.255 e. The van der Waals surface area contributed by atoms with Gasteiger partial charge in [0, 0.05) is 18.0 Å². The van der Waals surface area contributed by atoms with Gasteiger partial charge >= 0.3 is 0 Å². The lowest BCUT2D eigenvalue weighted by molar-refractivity contribution is -0.117. The van der Waals surface area contributed by atoms with Gasteiger partial charge in [-0.2, -0.15) is 0 Å². The Bertz CT molecular complexity index is 1190. The Kier molecular flexibility index (Phi) is 5.80. The monoisotopic (exact) mass is 485 g/mol. The number of carbonyl (C=O) groups excluding carboxylic acids is 2. The van der Waals surface area contributed by atoms with Crippen LogP contribution in [0.2, 0.25) is 0 Å². The summed E-state index contributed by atoms with van der Waals surface area (Å²) in [4.78, 5) is 28.2. The molecule has 2 aromatic rings. The van der Waals surface area contributed by atoms with Crippen molar-refractivity contribution in [3.63, 3.8) is 0 Å². The number of hydrogen-bond acceptors (Lipinski definition) is 9. The zero-order valence-corrected chi connectivity index (χ0v) is 19.1. The summed E-state index contributed by atoms with van der Waals surface area (Å²) in [6.45, 7) is 0.356. The summed E-state index contributed by atoms with van der Waals surface area (Å²) in [5.41, 5.74) is 1.31. The molecule has 0 aromatic heterocycles. The molecule has 6 N–H and O–H groups in total. The van der Waals surface area contributed by atoms with Gasteiger partial charge in [-0.3, -0.25) is 9.59 Å². The lowest BCUT2D eigenvalue weighted by Gasteiger charge is -2.49. The number of ether oxygens (including phenoxy) is 2. The van der Waals surface area contributed by atoms with Crippen molar-refractivity contribution >= 4 is 11.8 Å². The third-order valence-electron chi connectivity index (χ3n) is 6.81. The number of rotatable bonds is 4. The van der Waals surface area contributed by atoms with E-state index >= 15 is 0 Å². The Morgan fingerprint density at radius 3 is 2.63 bits per heavy atom. The Balaban J connectivity index is 1.57. The normalized spacial score (nSPS) is 28.8. The molecule has 0 bridgehead atoms. The van der Waals surface area contributed by atoms with Crippen molar-refractivity contribution in [3.8, 4) is 17.2 Å². The molecular formula is C24H27N3O8. The molecule has 11 nitrogen and oxygen atoms in total. The number of aliphatic hydroxyl groups is 3. The first kappa shape index (κ1) is 23.4. The maximum atomic E-state index is 13.4. The SMILES string of the molecule is CN(C)Cc1ccccc1C(=O)N[C@@H]1[C@@H]2c3cc4c(c(O)c3C(=O)N[C@H]2[C@H](O)C(O)[C@H]1O)OCO4. The largest absolute Gasteiger partial charge is 0.504 e. The number of aromatic hydroxyl groups is 1. The summed E-state index contributed by atoms with van der Waals surface area (Å²) in [6, 6.07) is 6.37. The lowest BCUT2D eigenvalue weighted by Crippen LogP contribution is -2.69. The Morgan fingerprint density at radius 1 is 1.14 bits per heavy atom. The maximum absolute atomic E-state index is 13.4. The molecule has 1 unspecified atom stereocenters. The van der Waals surface area contributed by atoms with Crippen LogP contribution in [0.1, 0.15) is 37.8 Å². The molecule has 0 saturated heterocycles. The number of aliphatic hydroxyl groups excluding tert-OH is 3. The van der Waals surface area contributed by atoms with Gasteiger partial charge in [-0.15, -0.1) is 0 Å². The summed E-state index contributed by atoms with van der Waals surface area (Å²) < 4.78 is 10.7. The van der Waals surface area contributed by atoms with E-state index in [1.165, 1.54) is 6.07 Å². The van der Waals surface area contributed by atoms with Crippen LogP contribution in [0, 0.1) is 0 Å². The van der Waals surface area contributed by atoms with E-state index < -0.39 is 53.9 Å². The Hall–Kier alpha value is -3.38. The lowest BCUT2D eigenvalue weighted by atomic mass is 9.68. The molecule has 11 heteroatoms. The molecule has 5 rings (SSSR count). The Morgan fingerprint density at radius 2 is 1.89 bits per heavy atom. The van der Waals surface area contributed by atoms with Gasteiger partial charge in [-0.25, -0.2) is 0 Å². The quantitative estimate of drug-likeness (QED) is 0.328. The van der Waals surface area contributed by atoms with E-state index in [4.69, 9.17) is 9.47 Å². The third-order valence-corrected chi connectivity index (χ3v) is 6.81. The second-order valence-electron chi connectivity index (χ2n) is 9.31. The van der Waals surface area contributed by atoms with Crippen LogP contribution in [0.15, 0.2) is 30.3 Å². The average molecular weight is 485 g/mol. The van der Waals surface area contributed by atoms with Gasteiger partial charge in [0.05, 0.1) is 17.6 Å². The number of amides is 2. The molecule has 186 valence electrons. The van der Waals surface area contributed by atoms with Crippen LogP contribution in [-0.4, -0.2) is 88.4 Å². The molecule has 2 heterocycles. The highest BCUT2D eigenvalue weighted by atomic mass is 16.7. The highest BCUT2D eigenvalue weighted by Crippen LogP contribution is 2.50. The minimum Gasteiger partial charge on any atom is -0.504 e. The first-order chi connectivity index (χ1) is 16.7. The van der Waals surface area contributed by atoms with Crippen molar-refractivity contribution in [1.82, 2.24) is 15.5 Å². The molecule has 6 atom stereocenters. The number of fused-ring (bicyclic) bond motifs is 4. The number of phenols is 1. The van der Waals surface area contributed by atoms with Gasteiger partial charge in [0.15, 0.2) is 11.5 Å². The molecule has 2 aromatic carbocycles. The summed E-state index contributed by atoms with van der Waals surface area (Å²) in [7, 11) is 3.75. The summed E-state index contributed by atoms with van der Waals surface area (Å²) in [5.74, 6) is -2.26. The van der Waals surface area contributed by atoms with Crippen LogP contribution < -0.4 is 20.1 Å². The van der Waals surface area contributed by atoms with Gasteiger partial charge < -0.3 is 45.4 Å². The number of nitrogens with zero attached hydrogens (tertiary/aromatic N) is 1. The first-order valence-electron chi connectivity index (χ1n) is 11.2. The van der Waals surface area contributed by atoms with Gasteiger partial charge in [-0.1, -0.05) is 18.2 Å². The minimum absolute atomic E-state index is 0.0208. The molecule has 1 saturated carbocycles.